The van der Waals surface area contributed by atoms with Crippen molar-refractivity contribution in [3.63, 3.8) is 0 Å². The third-order valence-corrected chi connectivity index (χ3v) is 3.91. The molecule has 1 saturated heterocycles. The van der Waals surface area contributed by atoms with Crippen molar-refractivity contribution in [3.8, 4) is 0 Å². The monoisotopic (exact) mass is 261 g/mol. The highest BCUT2D eigenvalue weighted by Gasteiger charge is 2.26. The van der Waals surface area contributed by atoms with E-state index in [-0.39, 0.29) is 5.78 Å². The third-order valence-electron chi connectivity index (χ3n) is 3.91. The Kier molecular flexibility index (Phi) is 4.72. The van der Waals surface area contributed by atoms with Crippen molar-refractivity contribution in [2.24, 2.45) is 0 Å². The second kappa shape index (κ2) is 6.31. The molecule has 3 nitrogen and oxygen atoms in total. The number of carbonyl (C=O) groups is 1. The summed E-state index contributed by atoms with van der Waals surface area (Å²) in [6.45, 7) is 4.73. The molecule has 1 aromatic carbocycles. The van der Waals surface area contributed by atoms with Gasteiger partial charge in [0.15, 0.2) is 5.78 Å². The highest BCUT2D eigenvalue weighted by molar-refractivity contribution is 5.95. The molecule has 0 bridgehead atoms. The topological polar surface area (TPSA) is 40.5 Å². The van der Waals surface area contributed by atoms with Gasteiger partial charge >= 0.3 is 0 Å². The molecule has 0 aromatic heterocycles. The van der Waals surface area contributed by atoms with E-state index in [4.69, 9.17) is 0 Å². The number of nitrogens with zero attached hydrogens (tertiary/aromatic N) is 1. The Hall–Kier alpha value is -1.19. The van der Waals surface area contributed by atoms with E-state index in [1.54, 1.807) is 0 Å². The van der Waals surface area contributed by atoms with Gasteiger partial charge in [0.05, 0.1) is 5.60 Å². The van der Waals surface area contributed by atoms with Gasteiger partial charge in [0.1, 0.15) is 0 Å². The first-order valence-corrected chi connectivity index (χ1v) is 7.10. The fourth-order valence-electron chi connectivity index (χ4n) is 2.49. The van der Waals surface area contributed by atoms with Crippen LogP contribution in [-0.4, -0.2) is 41.0 Å². The summed E-state index contributed by atoms with van der Waals surface area (Å²) in [7, 11) is 0. The van der Waals surface area contributed by atoms with Crippen LogP contribution in [0.5, 0.6) is 0 Å². The number of likely N-dealkylation sites (tertiary alicyclic amines) is 1. The van der Waals surface area contributed by atoms with E-state index >= 15 is 0 Å². The minimum atomic E-state index is -0.490. The van der Waals surface area contributed by atoms with E-state index in [0.717, 1.165) is 44.5 Å². The average molecular weight is 261 g/mol. The molecule has 0 atom stereocenters. The maximum atomic E-state index is 11.9. The summed E-state index contributed by atoms with van der Waals surface area (Å²) < 4.78 is 0. The molecular weight excluding hydrogens is 238 g/mol. The molecule has 0 unspecified atom stereocenters. The molecular formula is C16H23NO2. The number of aliphatic hydroxyl groups is 1. The first-order valence-electron chi connectivity index (χ1n) is 7.10. The summed E-state index contributed by atoms with van der Waals surface area (Å²) >= 11 is 0. The molecule has 0 aliphatic carbocycles. The van der Waals surface area contributed by atoms with Gasteiger partial charge in [0, 0.05) is 25.1 Å². The van der Waals surface area contributed by atoms with Crippen LogP contribution in [0.25, 0.3) is 0 Å². The molecule has 1 aromatic rings. The predicted molar refractivity (Wildman–Crippen MR) is 76.3 cm³/mol. The van der Waals surface area contributed by atoms with Crippen LogP contribution in [0.3, 0.4) is 0 Å². The predicted octanol–water partition coefficient (Wildman–Crippen LogP) is 2.50. The average Bonchev–Trinajstić information content (AvgIpc) is 2.41. The molecule has 104 valence electrons. The molecule has 3 heteroatoms. The van der Waals surface area contributed by atoms with Crippen LogP contribution in [-0.2, 0) is 0 Å². The van der Waals surface area contributed by atoms with Crippen LogP contribution in [0.2, 0.25) is 0 Å². The van der Waals surface area contributed by atoms with Gasteiger partial charge in [-0.1, -0.05) is 30.3 Å². The number of piperidine rings is 1. The summed E-state index contributed by atoms with van der Waals surface area (Å²) in [6.07, 6.45) is 3.17. The summed E-state index contributed by atoms with van der Waals surface area (Å²) in [4.78, 5) is 14.3. The maximum Gasteiger partial charge on any atom is 0.162 e. The smallest absolute Gasteiger partial charge is 0.162 e. The zero-order valence-electron chi connectivity index (χ0n) is 11.6. The third kappa shape index (κ3) is 4.44. The molecule has 0 radical (unpaired) electrons. The summed E-state index contributed by atoms with van der Waals surface area (Å²) in [5, 5.41) is 9.87. The Morgan fingerprint density at radius 2 is 1.89 bits per heavy atom. The molecule has 1 aliphatic rings. The summed E-state index contributed by atoms with van der Waals surface area (Å²) in [5.41, 5.74) is 0.320. The number of benzene rings is 1. The van der Waals surface area contributed by atoms with E-state index in [2.05, 4.69) is 4.90 Å². The molecule has 0 saturated carbocycles. The fraction of sp³-hybridized carbons (Fsp3) is 0.562. The number of ketones is 1. The lowest BCUT2D eigenvalue weighted by atomic mass is 9.93. The number of carbonyl (C=O) groups excluding carboxylic acids is 1. The van der Waals surface area contributed by atoms with Crippen molar-refractivity contribution in [1.82, 2.24) is 4.90 Å². The van der Waals surface area contributed by atoms with Gasteiger partial charge in [-0.2, -0.15) is 0 Å². The highest BCUT2D eigenvalue weighted by Crippen LogP contribution is 2.21. The minimum absolute atomic E-state index is 0.226. The standard InChI is InChI=1S/C16H23NO2/c1-16(19)9-12-17(13-10-16)11-5-8-15(18)14-6-3-2-4-7-14/h2-4,6-7,19H,5,8-13H2,1H3. The normalized spacial score (nSPS) is 19.3. The first kappa shape index (κ1) is 14.2. The van der Waals surface area contributed by atoms with E-state index in [9.17, 15) is 9.90 Å². The van der Waals surface area contributed by atoms with Gasteiger partial charge < -0.3 is 10.0 Å². The number of hydrogen-bond acceptors (Lipinski definition) is 3. The van der Waals surface area contributed by atoms with E-state index in [0.29, 0.717) is 6.42 Å². The van der Waals surface area contributed by atoms with Gasteiger partial charge in [-0.3, -0.25) is 4.79 Å². The van der Waals surface area contributed by atoms with Gasteiger partial charge in [-0.15, -0.1) is 0 Å². The quantitative estimate of drug-likeness (QED) is 0.828. The van der Waals surface area contributed by atoms with Crippen molar-refractivity contribution in [1.29, 1.82) is 0 Å². The number of hydrogen-bond donors (Lipinski definition) is 1. The van der Waals surface area contributed by atoms with Crippen molar-refractivity contribution in [2.45, 2.75) is 38.2 Å². The Bertz CT molecular complexity index is 404. The Morgan fingerprint density at radius 3 is 2.53 bits per heavy atom. The van der Waals surface area contributed by atoms with Crippen LogP contribution in [0, 0.1) is 0 Å². The molecule has 1 N–H and O–H groups in total. The lowest BCUT2D eigenvalue weighted by Crippen LogP contribution is -2.42. The lowest BCUT2D eigenvalue weighted by Gasteiger charge is -2.35. The minimum Gasteiger partial charge on any atom is -0.390 e. The van der Waals surface area contributed by atoms with Gasteiger partial charge in [0.2, 0.25) is 0 Å². The number of Topliss-reactive ketones (excluding diaryl/α,β-unsaturated/α-hetero) is 1. The Balaban J connectivity index is 1.69. The Morgan fingerprint density at radius 1 is 1.26 bits per heavy atom. The Labute approximate surface area is 115 Å². The molecule has 1 fully saturated rings. The van der Waals surface area contributed by atoms with E-state index < -0.39 is 5.60 Å². The molecule has 1 heterocycles. The van der Waals surface area contributed by atoms with Crippen molar-refractivity contribution in [2.75, 3.05) is 19.6 Å². The zero-order valence-corrected chi connectivity index (χ0v) is 11.6. The first-order chi connectivity index (χ1) is 9.07. The SMILES string of the molecule is CC1(O)CCN(CCCC(=O)c2ccccc2)CC1. The van der Waals surface area contributed by atoms with Gasteiger partial charge in [0.25, 0.3) is 0 Å². The van der Waals surface area contributed by atoms with E-state index in [1.807, 2.05) is 37.3 Å². The van der Waals surface area contributed by atoms with Crippen molar-refractivity contribution in [3.05, 3.63) is 35.9 Å². The van der Waals surface area contributed by atoms with Crippen molar-refractivity contribution >= 4 is 5.78 Å². The van der Waals surface area contributed by atoms with Crippen LogP contribution in [0.1, 0.15) is 43.0 Å². The highest BCUT2D eigenvalue weighted by atomic mass is 16.3. The van der Waals surface area contributed by atoms with Gasteiger partial charge in [-0.25, -0.2) is 0 Å². The van der Waals surface area contributed by atoms with Crippen LogP contribution in [0.4, 0.5) is 0 Å². The lowest BCUT2D eigenvalue weighted by molar-refractivity contribution is -0.00550. The van der Waals surface area contributed by atoms with Crippen LogP contribution >= 0.6 is 0 Å². The molecule has 19 heavy (non-hydrogen) atoms. The molecule has 1 aliphatic heterocycles. The number of rotatable bonds is 5. The van der Waals surface area contributed by atoms with Crippen LogP contribution in [0.15, 0.2) is 30.3 Å². The second-order valence-corrected chi connectivity index (χ2v) is 5.73. The van der Waals surface area contributed by atoms with E-state index in [1.165, 1.54) is 0 Å². The van der Waals surface area contributed by atoms with Gasteiger partial charge in [-0.05, 0) is 32.7 Å². The summed E-state index contributed by atoms with van der Waals surface area (Å²) in [6, 6.07) is 9.48. The maximum absolute atomic E-state index is 11.9. The second-order valence-electron chi connectivity index (χ2n) is 5.73. The summed E-state index contributed by atoms with van der Waals surface area (Å²) in [5.74, 6) is 0.226. The largest absolute Gasteiger partial charge is 0.390 e. The fourth-order valence-corrected chi connectivity index (χ4v) is 2.49. The zero-order chi connectivity index (χ0) is 13.7. The molecule has 2 rings (SSSR count). The van der Waals surface area contributed by atoms with Crippen LogP contribution < -0.4 is 0 Å². The molecule has 0 amide bonds. The van der Waals surface area contributed by atoms with Crippen molar-refractivity contribution < 1.29 is 9.90 Å². The molecule has 0 spiro atoms.